The van der Waals surface area contributed by atoms with E-state index >= 15 is 0 Å². The van der Waals surface area contributed by atoms with Crippen LogP contribution in [0.25, 0.3) is 16.7 Å². The Morgan fingerprint density at radius 3 is 2.70 bits per heavy atom. The van der Waals surface area contributed by atoms with Crippen LogP contribution >= 0.6 is 0 Å². The molecule has 3 aromatic rings. The molecule has 0 saturated carbocycles. The molecular formula is C24H25N5O. The first-order valence-electron chi connectivity index (χ1n) is 10.3. The van der Waals surface area contributed by atoms with Crippen LogP contribution in [0.15, 0.2) is 70.7 Å². The quantitative estimate of drug-likeness (QED) is 0.715. The number of fused-ring (bicyclic) bond motifs is 1. The third kappa shape index (κ3) is 3.86. The van der Waals surface area contributed by atoms with Crippen molar-refractivity contribution in [3.8, 4) is 11.1 Å². The molecule has 0 amide bonds. The summed E-state index contributed by atoms with van der Waals surface area (Å²) in [7, 11) is 2.16. The Labute approximate surface area is 176 Å². The summed E-state index contributed by atoms with van der Waals surface area (Å²) in [4.78, 5) is 13.8. The van der Waals surface area contributed by atoms with Crippen LogP contribution in [0.3, 0.4) is 0 Å². The van der Waals surface area contributed by atoms with E-state index in [0.29, 0.717) is 6.54 Å². The Morgan fingerprint density at radius 2 is 1.93 bits per heavy atom. The number of furan rings is 1. The maximum absolute atomic E-state index is 5.24. The number of nitrogens with one attached hydrogen (secondary N) is 1. The van der Waals surface area contributed by atoms with E-state index < -0.39 is 0 Å². The number of rotatable bonds is 4. The van der Waals surface area contributed by atoms with Gasteiger partial charge in [0.05, 0.1) is 31.0 Å². The van der Waals surface area contributed by atoms with E-state index in [0.717, 1.165) is 54.4 Å². The standard InChI is InChI=1S/C24H25N5O/c1-28-7-9-29(10-8-28)24-5-4-22(16-27-24)26-15-21-14-25-13-19-3-2-18(12-23(19)21)20-6-11-30-17-20/h2-6,11-12,14-17,26H,7-10,13H2,1H3/b21-15+. The van der Waals surface area contributed by atoms with Crippen LogP contribution in [0.1, 0.15) is 11.1 Å². The number of piperazine rings is 1. The second-order valence-corrected chi connectivity index (χ2v) is 7.79. The lowest BCUT2D eigenvalue weighted by atomic mass is 9.94. The zero-order valence-corrected chi connectivity index (χ0v) is 17.1. The first-order chi connectivity index (χ1) is 14.8. The highest BCUT2D eigenvalue weighted by Crippen LogP contribution is 2.29. The molecule has 0 spiro atoms. The van der Waals surface area contributed by atoms with Gasteiger partial charge in [0, 0.05) is 49.7 Å². The lowest BCUT2D eigenvalue weighted by molar-refractivity contribution is 0.312. The topological polar surface area (TPSA) is 56.9 Å². The molecule has 152 valence electrons. The predicted octanol–water partition coefficient (Wildman–Crippen LogP) is 4.13. The third-order valence-corrected chi connectivity index (χ3v) is 5.74. The number of hydrogen-bond acceptors (Lipinski definition) is 6. The normalized spacial score (nSPS) is 17.9. The van der Waals surface area contributed by atoms with Gasteiger partial charge in [-0.2, -0.15) is 0 Å². The average Bonchev–Trinajstić information content (AvgIpc) is 3.33. The van der Waals surface area contributed by atoms with Crippen LogP contribution < -0.4 is 10.2 Å². The zero-order valence-electron chi connectivity index (χ0n) is 17.1. The summed E-state index contributed by atoms with van der Waals surface area (Å²) in [5.41, 5.74) is 6.66. The maximum atomic E-state index is 5.24. The smallest absolute Gasteiger partial charge is 0.128 e. The Kier molecular flexibility index (Phi) is 5.07. The molecule has 0 aliphatic carbocycles. The van der Waals surface area contributed by atoms with E-state index in [1.54, 1.807) is 12.5 Å². The molecule has 1 fully saturated rings. The number of aliphatic imine (C=N–C) groups is 1. The minimum Gasteiger partial charge on any atom is -0.472 e. The van der Waals surface area contributed by atoms with Gasteiger partial charge in [-0.05, 0) is 48.0 Å². The van der Waals surface area contributed by atoms with Crippen LogP contribution in [0.2, 0.25) is 0 Å². The van der Waals surface area contributed by atoms with Gasteiger partial charge in [0.25, 0.3) is 0 Å². The molecule has 6 nitrogen and oxygen atoms in total. The van der Waals surface area contributed by atoms with Gasteiger partial charge >= 0.3 is 0 Å². The molecule has 1 N–H and O–H groups in total. The SMILES string of the molecule is CN1CCN(c2ccc(N/C=C3\C=NCc4ccc(-c5ccoc5)cc43)cn2)CC1. The van der Waals surface area contributed by atoms with E-state index in [4.69, 9.17) is 4.42 Å². The second kappa shape index (κ2) is 8.16. The summed E-state index contributed by atoms with van der Waals surface area (Å²) < 4.78 is 5.24. The molecule has 5 rings (SSSR count). The van der Waals surface area contributed by atoms with E-state index in [2.05, 4.69) is 62.5 Å². The highest BCUT2D eigenvalue weighted by molar-refractivity contribution is 6.12. The lowest BCUT2D eigenvalue weighted by Crippen LogP contribution is -2.44. The summed E-state index contributed by atoms with van der Waals surface area (Å²) in [5.74, 6) is 1.04. The summed E-state index contributed by atoms with van der Waals surface area (Å²) in [6, 6.07) is 12.6. The van der Waals surface area contributed by atoms with Crippen molar-refractivity contribution in [2.24, 2.45) is 4.99 Å². The average molecular weight is 399 g/mol. The van der Waals surface area contributed by atoms with Crippen LogP contribution in [0, 0.1) is 0 Å². The van der Waals surface area contributed by atoms with E-state index in [9.17, 15) is 0 Å². The zero-order chi connectivity index (χ0) is 20.3. The van der Waals surface area contributed by atoms with Crippen molar-refractivity contribution in [3.05, 3.63) is 72.4 Å². The number of hydrogen-bond donors (Lipinski definition) is 1. The van der Waals surface area contributed by atoms with Gasteiger partial charge in [-0.15, -0.1) is 0 Å². The number of nitrogens with zero attached hydrogens (tertiary/aromatic N) is 4. The minimum absolute atomic E-state index is 0.708. The van der Waals surface area contributed by atoms with Gasteiger partial charge in [0.15, 0.2) is 0 Å². The fourth-order valence-electron chi connectivity index (χ4n) is 3.87. The van der Waals surface area contributed by atoms with E-state index in [1.165, 1.54) is 11.1 Å². The Morgan fingerprint density at radius 1 is 1.03 bits per heavy atom. The molecule has 4 heterocycles. The highest BCUT2D eigenvalue weighted by atomic mass is 16.3. The molecule has 2 aliphatic rings. The van der Waals surface area contributed by atoms with Gasteiger partial charge in [-0.3, -0.25) is 4.99 Å². The van der Waals surface area contributed by atoms with Crippen molar-refractivity contribution in [1.82, 2.24) is 9.88 Å². The van der Waals surface area contributed by atoms with E-state index in [-0.39, 0.29) is 0 Å². The minimum atomic E-state index is 0.708. The monoisotopic (exact) mass is 399 g/mol. The highest BCUT2D eigenvalue weighted by Gasteiger charge is 2.15. The molecule has 2 aliphatic heterocycles. The molecule has 0 radical (unpaired) electrons. The van der Waals surface area contributed by atoms with Crippen LogP contribution in [0.5, 0.6) is 0 Å². The number of aromatic nitrogens is 1. The Hall–Kier alpha value is -3.38. The van der Waals surface area contributed by atoms with Crippen molar-refractivity contribution < 1.29 is 4.42 Å². The number of likely N-dealkylation sites (N-methyl/N-ethyl adjacent to an activating group) is 1. The fourth-order valence-corrected chi connectivity index (χ4v) is 3.87. The molecule has 30 heavy (non-hydrogen) atoms. The molecule has 1 aromatic carbocycles. The molecule has 0 unspecified atom stereocenters. The van der Waals surface area contributed by atoms with Crippen molar-refractivity contribution in [3.63, 3.8) is 0 Å². The molecule has 0 atom stereocenters. The largest absolute Gasteiger partial charge is 0.472 e. The van der Waals surface area contributed by atoms with Crippen molar-refractivity contribution in [2.75, 3.05) is 43.4 Å². The summed E-state index contributed by atoms with van der Waals surface area (Å²) in [6.45, 7) is 4.90. The number of pyridine rings is 1. The number of anilines is 2. The van der Waals surface area contributed by atoms with Crippen molar-refractivity contribution in [1.29, 1.82) is 0 Å². The summed E-state index contributed by atoms with van der Waals surface area (Å²) >= 11 is 0. The Balaban J connectivity index is 1.33. The van der Waals surface area contributed by atoms with Gasteiger partial charge in [-0.1, -0.05) is 12.1 Å². The van der Waals surface area contributed by atoms with Gasteiger partial charge in [0.2, 0.25) is 0 Å². The second-order valence-electron chi connectivity index (χ2n) is 7.79. The molecule has 1 saturated heterocycles. The first-order valence-corrected chi connectivity index (χ1v) is 10.3. The molecular weight excluding hydrogens is 374 g/mol. The predicted molar refractivity (Wildman–Crippen MR) is 122 cm³/mol. The Bertz CT molecular complexity index is 1060. The lowest BCUT2D eigenvalue weighted by Gasteiger charge is -2.33. The first kappa shape index (κ1) is 18.6. The van der Waals surface area contributed by atoms with Crippen LogP contribution in [-0.2, 0) is 6.54 Å². The van der Waals surface area contributed by atoms with Gasteiger partial charge in [-0.25, -0.2) is 4.98 Å². The fraction of sp³-hybridized carbons (Fsp3) is 0.250. The van der Waals surface area contributed by atoms with Crippen molar-refractivity contribution >= 4 is 23.3 Å². The third-order valence-electron chi connectivity index (χ3n) is 5.74. The number of allylic oxidation sites excluding steroid dienone is 1. The summed E-state index contributed by atoms with van der Waals surface area (Å²) in [6.07, 6.45) is 9.31. The van der Waals surface area contributed by atoms with Crippen LogP contribution in [0.4, 0.5) is 11.5 Å². The molecule has 6 heteroatoms. The number of benzene rings is 1. The van der Waals surface area contributed by atoms with Crippen LogP contribution in [-0.4, -0.2) is 49.3 Å². The maximum Gasteiger partial charge on any atom is 0.128 e. The van der Waals surface area contributed by atoms with Gasteiger partial charge in [0.1, 0.15) is 5.82 Å². The van der Waals surface area contributed by atoms with Crippen molar-refractivity contribution in [2.45, 2.75) is 6.54 Å². The molecule has 0 bridgehead atoms. The van der Waals surface area contributed by atoms with E-state index in [1.807, 2.05) is 24.7 Å². The molecule has 2 aromatic heterocycles. The summed E-state index contributed by atoms with van der Waals surface area (Å²) in [5, 5.41) is 3.39. The van der Waals surface area contributed by atoms with Gasteiger partial charge < -0.3 is 19.5 Å².